The van der Waals surface area contributed by atoms with E-state index in [-0.39, 0.29) is 5.70 Å². The fraction of sp³-hybridized carbons (Fsp3) is 0.400. The van der Waals surface area contributed by atoms with Gasteiger partial charge in [0.25, 0.3) is 0 Å². The van der Waals surface area contributed by atoms with E-state index in [0.717, 1.165) is 0 Å². The highest BCUT2D eigenvalue weighted by Gasteiger charge is 1.97. The van der Waals surface area contributed by atoms with Crippen LogP contribution in [0.3, 0.4) is 0 Å². The van der Waals surface area contributed by atoms with Crippen molar-refractivity contribution < 1.29 is 9.90 Å². The Morgan fingerprint density at radius 2 is 2.38 bits per heavy atom. The standard InChI is InChI=1S/C5H9NO2/c1-3-6-4(2)5(7)8/h6H,2-3H2,1H3,(H,7,8). The summed E-state index contributed by atoms with van der Waals surface area (Å²) in [7, 11) is 0. The summed E-state index contributed by atoms with van der Waals surface area (Å²) in [5.41, 5.74) is 0.0486. The van der Waals surface area contributed by atoms with Gasteiger partial charge in [-0.25, -0.2) is 4.79 Å². The fourth-order valence-electron chi connectivity index (χ4n) is 0.289. The number of hydrogen-bond acceptors (Lipinski definition) is 2. The first kappa shape index (κ1) is 7.01. The van der Waals surface area contributed by atoms with Gasteiger partial charge < -0.3 is 10.4 Å². The highest BCUT2D eigenvalue weighted by atomic mass is 16.4. The van der Waals surface area contributed by atoms with Gasteiger partial charge in [0.05, 0.1) is 0 Å². The Morgan fingerprint density at radius 3 is 2.50 bits per heavy atom. The highest BCUT2D eigenvalue weighted by molar-refractivity contribution is 5.84. The molecular weight excluding hydrogens is 106 g/mol. The molecule has 3 heteroatoms. The second-order valence-electron chi connectivity index (χ2n) is 1.31. The van der Waals surface area contributed by atoms with Crippen LogP contribution in [0.1, 0.15) is 6.92 Å². The normalized spacial score (nSPS) is 8.12. The second kappa shape index (κ2) is 3.07. The van der Waals surface area contributed by atoms with Crippen LogP contribution >= 0.6 is 0 Å². The first-order chi connectivity index (χ1) is 3.68. The Kier molecular flexibility index (Phi) is 2.69. The number of hydrogen-bond donors (Lipinski definition) is 2. The molecule has 0 amide bonds. The van der Waals surface area contributed by atoms with Crippen LogP contribution in [0.25, 0.3) is 0 Å². The number of nitrogens with one attached hydrogen (secondary N) is 1. The molecule has 0 saturated carbocycles. The molecule has 0 aromatic carbocycles. The van der Waals surface area contributed by atoms with Gasteiger partial charge in [-0.05, 0) is 6.92 Å². The van der Waals surface area contributed by atoms with Crippen LogP contribution in [0.5, 0.6) is 0 Å². The lowest BCUT2D eigenvalue weighted by Gasteiger charge is -1.97. The minimum absolute atomic E-state index is 0.0486. The highest BCUT2D eigenvalue weighted by Crippen LogP contribution is 1.79. The third-order valence-corrected chi connectivity index (χ3v) is 0.648. The van der Waals surface area contributed by atoms with E-state index in [1.165, 1.54) is 0 Å². The summed E-state index contributed by atoms with van der Waals surface area (Å²) < 4.78 is 0. The Bertz CT molecular complexity index is 109. The van der Waals surface area contributed by atoms with Crippen LogP contribution in [0, 0.1) is 0 Å². The van der Waals surface area contributed by atoms with E-state index in [9.17, 15) is 4.79 Å². The van der Waals surface area contributed by atoms with E-state index in [4.69, 9.17) is 5.11 Å². The zero-order chi connectivity index (χ0) is 6.57. The van der Waals surface area contributed by atoms with Crippen molar-refractivity contribution in [1.82, 2.24) is 5.32 Å². The van der Waals surface area contributed by atoms with Crippen molar-refractivity contribution in [3.8, 4) is 0 Å². The molecule has 0 aliphatic carbocycles. The molecule has 2 N–H and O–H groups in total. The number of rotatable bonds is 3. The van der Waals surface area contributed by atoms with E-state index < -0.39 is 5.97 Å². The van der Waals surface area contributed by atoms with E-state index >= 15 is 0 Å². The molecule has 0 aliphatic rings. The predicted octanol–water partition coefficient (Wildman–Crippen LogP) is 0.194. The first-order valence-corrected chi connectivity index (χ1v) is 2.34. The van der Waals surface area contributed by atoms with Crippen molar-refractivity contribution in [3.63, 3.8) is 0 Å². The lowest BCUT2D eigenvalue weighted by atomic mass is 10.5. The van der Waals surface area contributed by atoms with Crippen LogP contribution in [0.4, 0.5) is 0 Å². The monoisotopic (exact) mass is 115 g/mol. The second-order valence-corrected chi connectivity index (χ2v) is 1.31. The largest absolute Gasteiger partial charge is 0.477 e. The maximum absolute atomic E-state index is 9.93. The minimum atomic E-state index is -0.994. The van der Waals surface area contributed by atoms with Gasteiger partial charge in [0, 0.05) is 6.54 Å². The third kappa shape index (κ3) is 2.23. The maximum Gasteiger partial charge on any atom is 0.351 e. The molecule has 8 heavy (non-hydrogen) atoms. The molecule has 0 aromatic rings. The van der Waals surface area contributed by atoms with Crippen LogP contribution in [0.2, 0.25) is 0 Å². The van der Waals surface area contributed by atoms with Crippen molar-refractivity contribution in [2.75, 3.05) is 6.54 Å². The predicted molar refractivity (Wildman–Crippen MR) is 30.5 cm³/mol. The lowest BCUT2D eigenvalue weighted by Crippen LogP contribution is -2.17. The Hall–Kier alpha value is -0.990. The number of likely N-dealkylation sites (N-methyl/N-ethyl adjacent to an activating group) is 1. The smallest absolute Gasteiger partial charge is 0.351 e. The van der Waals surface area contributed by atoms with Crippen molar-refractivity contribution in [1.29, 1.82) is 0 Å². The van der Waals surface area contributed by atoms with Crippen LogP contribution in [-0.4, -0.2) is 17.6 Å². The third-order valence-electron chi connectivity index (χ3n) is 0.648. The Labute approximate surface area is 48.0 Å². The SMILES string of the molecule is C=C(NCC)C(=O)O. The fourth-order valence-corrected chi connectivity index (χ4v) is 0.289. The molecule has 0 spiro atoms. The van der Waals surface area contributed by atoms with E-state index in [1.54, 1.807) is 0 Å². The van der Waals surface area contributed by atoms with E-state index in [2.05, 4.69) is 11.9 Å². The zero-order valence-electron chi connectivity index (χ0n) is 4.77. The van der Waals surface area contributed by atoms with Crippen molar-refractivity contribution in [3.05, 3.63) is 12.3 Å². The molecule has 0 heterocycles. The van der Waals surface area contributed by atoms with Crippen molar-refractivity contribution in [2.45, 2.75) is 6.92 Å². The number of carboxylic acid groups (broad SMARTS) is 1. The maximum atomic E-state index is 9.93. The van der Waals surface area contributed by atoms with E-state index in [1.807, 2.05) is 6.92 Å². The Balaban J connectivity index is 3.49. The van der Waals surface area contributed by atoms with Gasteiger partial charge in [-0.2, -0.15) is 0 Å². The van der Waals surface area contributed by atoms with Crippen molar-refractivity contribution >= 4 is 5.97 Å². The van der Waals surface area contributed by atoms with Crippen LogP contribution < -0.4 is 5.32 Å². The summed E-state index contributed by atoms with van der Waals surface area (Å²) in [6, 6.07) is 0. The Morgan fingerprint density at radius 1 is 1.88 bits per heavy atom. The van der Waals surface area contributed by atoms with Crippen LogP contribution in [0.15, 0.2) is 12.3 Å². The van der Waals surface area contributed by atoms with E-state index in [0.29, 0.717) is 6.54 Å². The molecule has 0 aliphatic heterocycles. The number of carbonyl (C=O) groups is 1. The van der Waals surface area contributed by atoms with Gasteiger partial charge in [0.1, 0.15) is 5.70 Å². The van der Waals surface area contributed by atoms with Gasteiger partial charge >= 0.3 is 5.97 Å². The average Bonchev–Trinajstić information content (AvgIpc) is 1.67. The van der Waals surface area contributed by atoms with Crippen LogP contribution in [-0.2, 0) is 4.79 Å². The molecule has 0 aromatic heterocycles. The zero-order valence-corrected chi connectivity index (χ0v) is 4.77. The van der Waals surface area contributed by atoms with Gasteiger partial charge in [0.15, 0.2) is 0 Å². The molecule has 3 nitrogen and oxygen atoms in total. The molecule has 0 atom stereocenters. The molecule has 0 unspecified atom stereocenters. The molecule has 0 fully saturated rings. The molecule has 0 saturated heterocycles. The summed E-state index contributed by atoms with van der Waals surface area (Å²) in [6.45, 7) is 5.65. The average molecular weight is 115 g/mol. The molecule has 0 bridgehead atoms. The molecule has 46 valence electrons. The summed E-state index contributed by atoms with van der Waals surface area (Å²) in [6.07, 6.45) is 0. The van der Waals surface area contributed by atoms with Gasteiger partial charge in [0.2, 0.25) is 0 Å². The van der Waals surface area contributed by atoms with Gasteiger partial charge in [-0.3, -0.25) is 0 Å². The number of carboxylic acids is 1. The summed E-state index contributed by atoms with van der Waals surface area (Å²) in [5, 5.41) is 10.7. The number of aliphatic carboxylic acids is 1. The molecular formula is C5H9NO2. The lowest BCUT2D eigenvalue weighted by molar-refractivity contribution is -0.133. The van der Waals surface area contributed by atoms with Gasteiger partial charge in [-0.1, -0.05) is 6.58 Å². The molecule has 0 radical (unpaired) electrons. The first-order valence-electron chi connectivity index (χ1n) is 2.34. The summed E-state index contributed by atoms with van der Waals surface area (Å²) >= 11 is 0. The molecule has 0 rings (SSSR count). The van der Waals surface area contributed by atoms with Gasteiger partial charge in [-0.15, -0.1) is 0 Å². The minimum Gasteiger partial charge on any atom is -0.477 e. The quantitative estimate of drug-likeness (QED) is 0.516. The topological polar surface area (TPSA) is 49.3 Å². The van der Waals surface area contributed by atoms with Crippen molar-refractivity contribution in [2.24, 2.45) is 0 Å². The summed E-state index contributed by atoms with van der Waals surface area (Å²) in [5.74, 6) is -0.994. The summed E-state index contributed by atoms with van der Waals surface area (Å²) in [4.78, 5) is 9.93.